The van der Waals surface area contributed by atoms with Gasteiger partial charge in [0.25, 0.3) is 5.91 Å². The first-order chi connectivity index (χ1) is 11.8. The van der Waals surface area contributed by atoms with Crippen molar-refractivity contribution in [2.24, 2.45) is 0 Å². The number of aromatic nitrogens is 3. The van der Waals surface area contributed by atoms with E-state index in [1.54, 1.807) is 15.8 Å². The zero-order valence-corrected chi connectivity index (χ0v) is 14.7. The number of rotatable bonds is 5. The highest BCUT2D eigenvalue weighted by atomic mass is 19.1. The van der Waals surface area contributed by atoms with Crippen LogP contribution in [0.1, 0.15) is 55.8 Å². The van der Waals surface area contributed by atoms with Crippen LogP contribution in [0.5, 0.6) is 0 Å². The van der Waals surface area contributed by atoms with Gasteiger partial charge in [0.2, 0.25) is 0 Å². The van der Waals surface area contributed by atoms with E-state index in [0.717, 1.165) is 12.8 Å². The Hall–Kier alpha value is -2.28. The van der Waals surface area contributed by atoms with Gasteiger partial charge in [-0.2, -0.15) is 0 Å². The molecule has 7 heteroatoms. The summed E-state index contributed by atoms with van der Waals surface area (Å²) in [4.78, 5) is 14.5. The second-order valence-electron chi connectivity index (χ2n) is 7.48. The molecule has 0 unspecified atom stereocenters. The Morgan fingerprint density at radius 1 is 1.36 bits per heavy atom. The average Bonchev–Trinajstić information content (AvgIpc) is 3.26. The van der Waals surface area contributed by atoms with Crippen LogP contribution >= 0.6 is 0 Å². The van der Waals surface area contributed by atoms with Gasteiger partial charge in [0.05, 0.1) is 24.4 Å². The van der Waals surface area contributed by atoms with Crippen molar-refractivity contribution in [1.29, 1.82) is 0 Å². The quantitative estimate of drug-likeness (QED) is 0.903. The zero-order valence-electron chi connectivity index (χ0n) is 14.7. The van der Waals surface area contributed by atoms with Crippen LogP contribution in [-0.2, 0) is 5.54 Å². The first kappa shape index (κ1) is 17.5. The van der Waals surface area contributed by atoms with E-state index in [1.165, 1.54) is 24.3 Å². The summed E-state index contributed by atoms with van der Waals surface area (Å²) in [7, 11) is 0. The molecule has 6 nitrogen and oxygen atoms in total. The number of aliphatic hydroxyl groups is 1. The number of halogens is 1. The van der Waals surface area contributed by atoms with Gasteiger partial charge in [-0.1, -0.05) is 17.3 Å². The monoisotopic (exact) mass is 346 g/mol. The number of nitrogens with zero attached hydrogens (tertiary/aromatic N) is 4. The molecule has 25 heavy (non-hydrogen) atoms. The topological polar surface area (TPSA) is 71.2 Å². The maximum absolute atomic E-state index is 13.0. The van der Waals surface area contributed by atoms with Gasteiger partial charge in [-0.05, 0) is 51.3 Å². The summed E-state index contributed by atoms with van der Waals surface area (Å²) in [5.74, 6) is -0.593. The lowest BCUT2D eigenvalue weighted by Gasteiger charge is -2.24. The van der Waals surface area contributed by atoms with E-state index in [9.17, 15) is 14.3 Å². The van der Waals surface area contributed by atoms with Gasteiger partial charge in [0.1, 0.15) is 5.82 Å². The van der Waals surface area contributed by atoms with Crippen LogP contribution in [0.4, 0.5) is 4.39 Å². The first-order valence-corrected chi connectivity index (χ1v) is 8.43. The fourth-order valence-electron chi connectivity index (χ4n) is 2.60. The highest BCUT2D eigenvalue weighted by Crippen LogP contribution is 2.30. The maximum atomic E-state index is 13.0. The third kappa shape index (κ3) is 4.04. The molecule has 1 aromatic heterocycles. The zero-order chi connectivity index (χ0) is 18.2. The number of carbonyl (C=O) groups is 1. The summed E-state index contributed by atoms with van der Waals surface area (Å²) in [6.07, 6.45) is 2.59. The second kappa shape index (κ2) is 6.55. The standard InChI is InChI=1S/C18H23FN4O2/c1-18(2,3)23-10-15(20-21-23)17(25)22(14-8-9-14)11-16(24)12-4-6-13(19)7-5-12/h4-7,10,14,16,24H,8-9,11H2,1-3H3/t16-/m1/s1. The highest BCUT2D eigenvalue weighted by Gasteiger charge is 2.35. The molecule has 1 N–H and O–H groups in total. The van der Waals surface area contributed by atoms with Gasteiger partial charge in [0.15, 0.2) is 5.69 Å². The first-order valence-electron chi connectivity index (χ1n) is 8.43. The van der Waals surface area contributed by atoms with E-state index >= 15 is 0 Å². The summed E-state index contributed by atoms with van der Waals surface area (Å²) in [5.41, 5.74) is 0.593. The van der Waals surface area contributed by atoms with E-state index in [2.05, 4.69) is 10.3 Å². The van der Waals surface area contributed by atoms with Crippen LogP contribution < -0.4 is 0 Å². The number of hydrogen-bond acceptors (Lipinski definition) is 4. The Morgan fingerprint density at radius 2 is 2.00 bits per heavy atom. The van der Waals surface area contributed by atoms with Crippen molar-refractivity contribution in [3.8, 4) is 0 Å². The summed E-state index contributed by atoms with van der Waals surface area (Å²) in [6.45, 7) is 6.09. The van der Waals surface area contributed by atoms with Crippen molar-refractivity contribution >= 4 is 5.91 Å². The Labute approximate surface area is 146 Å². The number of aliphatic hydroxyl groups excluding tert-OH is 1. The van der Waals surface area contributed by atoms with Crippen LogP contribution in [0.2, 0.25) is 0 Å². The molecule has 0 bridgehead atoms. The summed E-state index contributed by atoms with van der Waals surface area (Å²) >= 11 is 0. The molecule has 0 saturated heterocycles. The normalized spacial score (nSPS) is 15.9. The Bertz CT molecular complexity index is 747. The van der Waals surface area contributed by atoms with E-state index in [4.69, 9.17) is 0 Å². The second-order valence-corrected chi connectivity index (χ2v) is 7.48. The third-order valence-electron chi connectivity index (χ3n) is 4.27. The van der Waals surface area contributed by atoms with Crippen molar-refractivity contribution in [2.45, 2.75) is 51.3 Å². The minimum absolute atomic E-state index is 0.113. The van der Waals surface area contributed by atoms with Crippen molar-refractivity contribution in [2.75, 3.05) is 6.54 Å². The minimum atomic E-state index is -0.872. The van der Waals surface area contributed by atoms with Gasteiger partial charge < -0.3 is 10.0 Å². The van der Waals surface area contributed by atoms with Crippen LogP contribution in [0, 0.1) is 5.82 Å². The highest BCUT2D eigenvalue weighted by molar-refractivity contribution is 5.92. The van der Waals surface area contributed by atoms with Gasteiger partial charge in [0, 0.05) is 6.04 Å². The molecule has 1 fully saturated rings. The van der Waals surface area contributed by atoms with Crippen molar-refractivity contribution in [3.05, 3.63) is 47.5 Å². The largest absolute Gasteiger partial charge is 0.387 e. The van der Waals surface area contributed by atoms with Crippen molar-refractivity contribution in [3.63, 3.8) is 0 Å². The lowest BCUT2D eigenvalue weighted by molar-refractivity contribution is 0.0597. The van der Waals surface area contributed by atoms with Gasteiger partial charge in [-0.3, -0.25) is 4.79 Å². The fraction of sp³-hybridized carbons (Fsp3) is 0.500. The molecule has 0 spiro atoms. The number of hydrogen-bond donors (Lipinski definition) is 1. The molecular formula is C18H23FN4O2. The van der Waals surface area contributed by atoms with E-state index in [0.29, 0.717) is 5.56 Å². The molecule has 134 valence electrons. The van der Waals surface area contributed by atoms with E-state index in [-0.39, 0.29) is 35.5 Å². The Kier molecular flexibility index (Phi) is 4.60. The average molecular weight is 346 g/mol. The van der Waals surface area contributed by atoms with Gasteiger partial charge in [-0.15, -0.1) is 5.10 Å². The summed E-state index contributed by atoms with van der Waals surface area (Å²) in [5, 5.41) is 18.5. The molecule has 1 heterocycles. The fourth-order valence-corrected chi connectivity index (χ4v) is 2.60. The van der Waals surface area contributed by atoms with Crippen LogP contribution in [0.25, 0.3) is 0 Å². The minimum Gasteiger partial charge on any atom is -0.387 e. The number of amides is 1. The molecule has 1 saturated carbocycles. The molecule has 1 amide bonds. The van der Waals surface area contributed by atoms with E-state index < -0.39 is 6.10 Å². The van der Waals surface area contributed by atoms with Crippen LogP contribution in [0.3, 0.4) is 0 Å². The van der Waals surface area contributed by atoms with Crippen LogP contribution in [-0.4, -0.2) is 43.5 Å². The summed E-state index contributed by atoms with van der Waals surface area (Å²) < 4.78 is 14.7. The number of benzene rings is 1. The Balaban J connectivity index is 1.75. The third-order valence-corrected chi connectivity index (χ3v) is 4.27. The molecule has 0 aliphatic heterocycles. The molecule has 2 aromatic rings. The molecular weight excluding hydrogens is 323 g/mol. The van der Waals surface area contributed by atoms with Gasteiger partial charge in [-0.25, -0.2) is 9.07 Å². The van der Waals surface area contributed by atoms with Crippen LogP contribution in [0.15, 0.2) is 30.5 Å². The maximum Gasteiger partial charge on any atom is 0.276 e. The predicted molar refractivity (Wildman–Crippen MR) is 90.4 cm³/mol. The molecule has 1 aromatic carbocycles. The van der Waals surface area contributed by atoms with Crippen molar-refractivity contribution < 1.29 is 14.3 Å². The summed E-state index contributed by atoms with van der Waals surface area (Å²) in [6, 6.07) is 5.78. The smallest absolute Gasteiger partial charge is 0.276 e. The molecule has 1 aliphatic rings. The molecule has 0 radical (unpaired) electrons. The molecule has 1 atom stereocenters. The molecule has 3 rings (SSSR count). The van der Waals surface area contributed by atoms with E-state index in [1.807, 2.05) is 20.8 Å². The Morgan fingerprint density at radius 3 is 2.52 bits per heavy atom. The van der Waals surface area contributed by atoms with Crippen molar-refractivity contribution in [1.82, 2.24) is 19.9 Å². The van der Waals surface area contributed by atoms with Gasteiger partial charge >= 0.3 is 0 Å². The lowest BCUT2D eigenvalue weighted by atomic mass is 10.1. The number of carbonyl (C=O) groups excluding carboxylic acids is 1. The predicted octanol–water partition coefficient (Wildman–Crippen LogP) is 2.51. The lowest BCUT2D eigenvalue weighted by Crippen LogP contribution is -2.37. The molecule has 1 aliphatic carbocycles. The SMILES string of the molecule is CC(C)(C)n1cc(C(=O)N(C[C@@H](O)c2ccc(F)cc2)C2CC2)nn1.